The highest BCUT2D eigenvalue weighted by atomic mass is 16.5. The molecule has 0 radical (unpaired) electrons. The number of ketones is 1. The summed E-state index contributed by atoms with van der Waals surface area (Å²) < 4.78 is 10.1. The Kier molecular flexibility index (Phi) is 4.90. The number of methoxy groups -OCH3 is 2. The first-order valence-electron chi connectivity index (χ1n) is 9.77. The molecule has 156 valence electrons. The van der Waals surface area contributed by atoms with Gasteiger partial charge in [-0.3, -0.25) is 9.79 Å². The van der Waals surface area contributed by atoms with Crippen molar-refractivity contribution in [2.75, 3.05) is 21.3 Å². The van der Waals surface area contributed by atoms with Gasteiger partial charge in [0, 0.05) is 46.8 Å². The van der Waals surface area contributed by atoms with E-state index in [2.05, 4.69) is 40.4 Å². The monoisotopic (exact) mass is 414 g/mol. The summed E-state index contributed by atoms with van der Waals surface area (Å²) in [5.41, 5.74) is 4.73. The number of hydrogen-bond acceptors (Lipinski definition) is 5. The largest absolute Gasteiger partial charge is 0.495 e. The second kappa shape index (κ2) is 7.44. The summed E-state index contributed by atoms with van der Waals surface area (Å²) in [6.07, 6.45) is 1.78. The van der Waals surface area contributed by atoms with Crippen molar-refractivity contribution in [1.82, 2.24) is 4.98 Å². The normalized spacial score (nSPS) is 14.0. The molecule has 1 heterocycles. The molecule has 4 rings (SSSR count). The lowest BCUT2D eigenvalue weighted by atomic mass is 9.71. The molecule has 31 heavy (non-hydrogen) atoms. The zero-order valence-electron chi connectivity index (χ0n) is 18.0. The standard InChI is InChI=1S/C25H22N2O4/c1-25(2)18-12-20(30-4)15(7-9-21(28)31-5)11-17(18)23(29)22-16-8-6-14(13-26-3)10-19(16)27-24(22)25/h6,8,10-13,27H,1-5H3/b26-13+. The number of aromatic amines is 1. The Morgan fingerprint density at radius 1 is 1.19 bits per heavy atom. The van der Waals surface area contributed by atoms with Crippen LogP contribution in [0.25, 0.3) is 10.9 Å². The predicted molar refractivity (Wildman–Crippen MR) is 119 cm³/mol. The average molecular weight is 414 g/mol. The van der Waals surface area contributed by atoms with Crippen LogP contribution in [0.3, 0.4) is 0 Å². The number of H-pyrrole nitrogens is 1. The van der Waals surface area contributed by atoms with E-state index in [1.54, 1.807) is 19.3 Å². The Bertz CT molecular complexity index is 1330. The molecular weight excluding hydrogens is 392 g/mol. The van der Waals surface area contributed by atoms with Crippen molar-refractivity contribution >= 4 is 28.9 Å². The Hall–Kier alpha value is -3.85. The minimum Gasteiger partial charge on any atom is -0.495 e. The second-order valence-corrected chi connectivity index (χ2v) is 7.86. The molecule has 0 saturated heterocycles. The van der Waals surface area contributed by atoms with Gasteiger partial charge in [0.1, 0.15) is 5.75 Å². The van der Waals surface area contributed by atoms with Crippen LogP contribution in [0.2, 0.25) is 0 Å². The van der Waals surface area contributed by atoms with Gasteiger partial charge in [0.15, 0.2) is 5.78 Å². The van der Waals surface area contributed by atoms with E-state index in [4.69, 9.17) is 4.74 Å². The Balaban J connectivity index is 1.96. The van der Waals surface area contributed by atoms with Crippen LogP contribution in [-0.4, -0.2) is 44.2 Å². The number of carbonyl (C=O) groups is 2. The van der Waals surface area contributed by atoms with Crippen molar-refractivity contribution in [2.45, 2.75) is 19.3 Å². The molecule has 6 nitrogen and oxygen atoms in total. The van der Waals surface area contributed by atoms with Crippen LogP contribution in [0, 0.1) is 11.8 Å². The number of fused-ring (bicyclic) bond motifs is 4. The maximum Gasteiger partial charge on any atom is 0.384 e. The lowest BCUT2D eigenvalue weighted by Crippen LogP contribution is -2.30. The average Bonchev–Trinajstić information content (AvgIpc) is 3.15. The second-order valence-electron chi connectivity index (χ2n) is 7.86. The maximum absolute atomic E-state index is 13.6. The van der Waals surface area contributed by atoms with E-state index < -0.39 is 11.4 Å². The molecule has 0 amide bonds. The molecule has 3 aromatic rings. The van der Waals surface area contributed by atoms with Gasteiger partial charge in [-0.25, -0.2) is 4.79 Å². The van der Waals surface area contributed by atoms with Gasteiger partial charge >= 0.3 is 5.97 Å². The van der Waals surface area contributed by atoms with E-state index in [-0.39, 0.29) is 5.78 Å². The van der Waals surface area contributed by atoms with E-state index in [1.807, 2.05) is 24.3 Å². The Morgan fingerprint density at radius 2 is 1.97 bits per heavy atom. The topological polar surface area (TPSA) is 80.8 Å². The van der Waals surface area contributed by atoms with Crippen molar-refractivity contribution in [3.05, 3.63) is 63.8 Å². The first-order valence-corrected chi connectivity index (χ1v) is 9.77. The van der Waals surface area contributed by atoms with Crippen molar-refractivity contribution < 1.29 is 19.1 Å². The summed E-state index contributed by atoms with van der Waals surface area (Å²) in [7, 11) is 4.53. The zero-order chi connectivity index (χ0) is 22.3. The molecule has 0 fully saturated rings. The number of benzene rings is 2. The molecule has 0 saturated carbocycles. The van der Waals surface area contributed by atoms with Crippen molar-refractivity contribution in [3.63, 3.8) is 0 Å². The molecule has 1 aromatic heterocycles. The Morgan fingerprint density at radius 3 is 2.65 bits per heavy atom. The Labute approximate surface area is 180 Å². The van der Waals surface area contributed by atoms with Crippen molar-refractivity contribution in [3.8, 4) is 17.6 Å². The molecule has 0 unspecified atom stereocenters. The van der Waals surface area contributed by atoms with Crippen LogP contribution in [0.1, 0.15) is 52.2 Å². The van der Waals surface area contributed by atoms with Crippen molar-refractivity contribution in [1.29, 1.82) is 0 Å². The quantitative estimate of drug-likeness (QED) is 0.395. The highest BCUT2D eigenvalue weighted by Crippen LogP contribution is 2.45. The highest BCUT2D eigenvalue weighted by Gasteiger charge is 2.40. The molecular formula is C25H22N2O4. The van der Waals surface area contributed by atoms with Gasteiger partial charge in [-0.2, -0.15) is 0 Å². The van der Waals surface area contributed by atoms with E-state index in [9.17, 15) is 9.59 Å². The third kappa shape index (κ3) is 3.19. The molecule has 0 spiro atoms. The summed E-state index contributed by atoms with van der Waals surface area (Å²) in [5.74, 6) is 4.93. The number of hydrogen-bond donors (Lipinski definition) is 1. The number of esters is 1. The summed E-state index contributed by atoms with van der Waals surface area (Å²) in [6.45, 7) is 4.14. The van der Waals surface area contributed by atoms with Crippen LogP contribution < -0.4 is 4.74 Å². The van der Waals surface area contributed by atoms with Gasteiger partial charge in [0.05, 0.1) is 25.3 Å². The molecule has 1 aliphatic rings. The van der Waals surface area contributed by atoms with Crippen molar-refractivity contribution in [2.24, 2.45) is 4.99 Å². The number of carbonyl (C=O) groups excluding carboxylic acids is 2. The smallest absolute Gasteiger partial charge is 0.384 e. The van der Waals surface area contributed by atoms with Crippen LogP contribution in [0.15, 0.2) is 35.3 Å². The summed E-state index contributed by atoms with van der Waals surface area (Å²) in [6, 6.07) is 9.41. The lowest BCUT2D eigenvalue weighted by Gasteiger charge is -2.32. The van der Waals surface area contributed by atoms with Crippen LogP contribution >= 0.6 is 0 Å². The summed E-state index contributed by atoms with van der Waals surface area (Å²) in [5, 5.41) is 0.866. The summed E-state index contributed by atoms with van der Waals surface area (Å²) >= 11 is 0. The first-order chi connectivity index (χ1) is 14.8. The predicted octanol–water partition coefficient (Wildman–Crippen LogP) is 3.62. The van der Waals surface area contributed by atoms with E-state index in [0.29, 0.717) is 22.4 Å². The van der Waals surface area contributed by atoms with Crippen LogP contribution in [-0.2, 0) is 14.9 Å². The molecule has 1 aliphatic carbocycles. The van der Waals surface area contributed by atoms with E-state index in [0.717, 1.165) is 27.7 Å². The number of nitrogens with zero attached hydrogens (tertiary/aromatic N) is 1. The minimum atomic E-state index is -0.656. The fraction of sp³-hybridized carbons (Fsp3) is 0.240. The first kappa shape index (κ1) is 20.4. The zero-order valence-corrected chi connectivity index (χ0v) is 18.0. The third-order valence-corrected chi connectivity index (χ3v) is 5.70. The molecule has 0 atom stereocenters. The van der Waals surface area contributed by atoms with E-state index in [1.165, 1.54) is 14.2 Å². The number of rotatable bonds is 2. The van der Waals surface area contributed by atoms with Gasteiger partial charge in [-0.05, 0) is 29.3 Å². The maximum atomic E-state index is 13.6. The van der Waals surface area contributed by atoms with Crippen LogP contribution in [0.5, 0.6) is 5.75 Å². The lowest BCUT2D eigenvalue weighted by molar-refractivity contribution is -0.133. The minimum absolute atomic E-state index is 0.0868. The molecule has 0 bridgehead atoms. The van der Waals surface area contributed by atoms with Gasteiger partial charge < -0.3 is 14.5 Å². The molecule has 0 aliphatic heterocycles. The molecule has 2 aromatic carbocycles. The van der Waals surface area contributed by atoms with Crippen LogP contribution in [0.4, 0.5) is 0 Å². The van der Waals surface area contributed by atoms with Gasteiger partial charge in [0.25, 0.3) is 0 Å². The third-order valence-electron chi connectivity index (χ3n) is 5.70. The fourth-order valence-electron chi connectivity index (χ4n) is 4.14. The highest BCUT2D eigenvalue weighted by molar-refractivity contribution is 6.20. The molecule has 6 heteroatoms. The van der Waals surface area contributed by atoms with E-state index >= 15 is 0 Å². The van der Waals surface area contributed by atoms with Gasteiger partial charge in [-0.1, -0.05) is 31.9 Å². The number of aromatic nitrogens is 1. The summed E-state index contributed by atoms with van der Waals surface area (Å²) in [4.78, 5) is 32.6. The van der Waals surface area contributed by atoms with Gasteiger partial charge in [0.2, 0.25) is 0 Å². The molecule has 1 N–H and O–H groups in total. The SMILES string of the molecule is C/N=C/c1ccc2c3c([nH]c2c1)C(C)(C)c1cc(OC)c(C#CC(=O)OC)cc1C3=O. The number of nitrogens with one attached hydrogen (secondary N) is 1. The van der Waals surface area contributed by atoms with Gasteiger partial charge in [-0.15, -0.1) is 0 Å². The fourth-order valence-corrected chi connectivity index (χ4v) is 4.14. The number of ether oxygens (including phenoxy) is 2. The number of aliphatic imine (C=N–C) groups is 1.